The summed E-state index contributed by atoms with van der Waals surface area (Å²) in [6.07, 6.45) is 5.13. The van der Waals surface area contributed by atoms with E-state index in [-0.39, 0.29) is 0 Å². The van der Waals surface area contributed by atoms with Crippen LogP contribution in [0.4, 0.5) is 0 Å². The Morgan fingerprint density at radius 1 is 1.26 bits per heavy atom. The molecule has 1 aliphatic carbocycles. The number of aryl methyl sites for hydroxylation is 2. The van der Waals surface area contributed by atoms with Crippen molar-refractivity contribution in [3.8, 4) is 0 Å². The molecule has 0 bridgehead atoms. The van der Waals surface area contributed by atoms with E-state index in [1.807, 2.05) is 11.8 Å². The summed E-state index contributed by atoms with van der Waals surface area (Å²) >= 11 is 1.98. The van der Waals surface area contributed by atoms with Crippen LogP contribution in [0.2, 0.25) is 0 Å². The zero-order chi connectivity index (χ0) is 12.9. The summed E-state index contributed by atoms with van der Waals surface area (Å²) in [6, 6.07) is 7.02. The van der Waals surface area contributed by atoms with Gasteiger partial charge in [0.1, 0.15) is 0 Å². The van der Waals surface area contributed by atoms with Gasteiger partial charge in [-0.05, 0) is 54.9 Å². The summed E-state index contributed by atoms with van der Waals surface area (Å²) in [5, 5.41) is 3.55. The van der Waals surface area contributed by atoms with Gasteiger partial charge in [-0.2, -0.15) is 0 Å². The van der Waals surface area contributed by atoms with Crippen LogP contribution < -0.4 is 5.32 Å². The van der Waals surface area contributed by atoms with Gasteiger partial charge in [0.2, 0.25) is 0 Å². The lowest BCUT2D eigenvalue weighted by Gasteiger charge is -2.09. The van der Waals surface area contributed by atoms with Crippen molar-refractivity contribution in [1.29, 1.82) is 0 Å². The Balaban J connectivity index is 1.35. The fourth-order valence-electron chi connectivity index (χ4n) is 2.93. The molecule has 1 aromatic carbocycles. The van der Waals surface area contributed by atoms with E-state index in [1.165, 1.54) is 30.6 Å². The van der Waals surface area contributed by atoms with Crippen LogP contribution in [0.15, 0.2) is 23.1 Å². The maximum Gasteiger partial charge on any atom is 0.0507 e. The van der Waals surface area contributed by atoms with Crippen molar-refractivity contribution in [2.24, 2.45) is 5.92 Å². The molecule has 1 aliphatic heterocycles. The number of rotatable bonds is 6. The molecule has 1 aromatic rings. The zero-order valence-electron chi connectivity index (χ0n) is 11.5. The molecular weight excluding hydrogens is 254 g/mol. The first-order valence-electron chi connectivity index (χ1n) is 7.45. The molecule has 104 valence electrons. The molecule has 3 rings (SSSR count). The van der Waals surface area contributed by atoms with Gasteiger partial charge >= 0.3 is 0 Å². The molecule has 19 heavy (non-hydrogen) atoms. The first-order chi connectivity index (χ1) is 9.42. The predicted octanol–water partition coefficient (Wildman–Crippen LogP) is 2.89. The highest BCUT2D eigenvalue weighted by molar-refractivity contribution is 7.99. The lowest BCUT2D eigenvalue weighted by atomic mass is 10.1. The summed E-state index contributed by atoms with van der Waals surface area (Å²) in [5.41, 5.74) is 3.16. The maximum atomic E-state index is 5.38. The Kier molecular flexibility index (Phi) is 4.81. The van der Waals surface area contributed by atoms with Crippen molar-refractivity contribution < 1.29 is 4.74 Å². The molecule has 1 heterocycles. The Bertz CT molecular complexity index is 415. The van der Waals surface area contributed by atoms with Gasteiger partial charge in [0.25, 0.3) is 0 Å². The second kappa shape index (κ2) is 6.78. The van der Waals surface area contributed by atoms with Crippen molar-refractivity contribution >= 4 is 11.8 Å². The summed E-state index contributed by atoms with van der Waals surface area (Å²) in [7, 11) is 0. The first kappa shape index (κ1) is 13.5. The molecule has 1 atom stereocenters. The fourth-order valence-corrected chi connectivity index (χ4v) is 3.80. The predicted molar refractivity (Wildman–Crippen MR) is 81.0 cm³/mol. The van der Waals surface area contributed by atoms with Crippen LogP contribution in [0.5, 0.6) is 0 Å². The number of ether oxygens (including phenoxy) is 1. The second-order valence-corrected chi connectivity index (χ2v) is 6.73. The van der Waals surface area contributed by atoms with Crippen LogP contribution in [0.25, 0.3) is 0 Å². The Morgan fingerprint density at radius 2 is 2.21 bits per heavy atom. The summed E-state index contributed by atoms with van der Waals surface area (Å²) in [4.78, 5) is 1.44. The van der Waals surface area contributed by atoms with Crippen LogP contribution in [-0.4, -0.2) is 32.1 Å². The number of hydrogen-bond donors (Lipinski definition) is 1. The van der Waals surface area contributed by atoms with Gasteiger partial charge in [-0.15, -0.1) is 11.8 Å². The maximum absolute atomic E-state index is 5.38. The molecule has 0 aromatic heterocycles. The van der Waals surface area contributed by atoms with Crippen LogP contribution in [0.3, 0.4) is 0 Å². The molecule has 2 nitrogen and oxygen atoms in total. The average molecular weight is 277 g/mol. The van der Waals surface area contributed by atoms with Crippen LogP contribution in [-0.2, 0) is 17.6 Å². The minimum Gasteiger partial charge on any atom is -0.381 e. The molecule has 1 unspecified atom stereocenters. The van der Waals surface area contributed by atoms with Gasteiger partial charge in [-0.25, -0.2) is 0 Å². The highest BCUT2D eigenvalue weighted by atomic mass is 32.2. The summed E-state index contributed by atoms with van der Waals surface area (Å²) in [6.45, 7) is 4.12. The number of benzene rings is 1. The Morgan fingerprint density at radius 3 is 3.11 bits per heavy atom. The lowest BCUT2D eigenvalue weighted by molar-refractivity contribution is 0.185. The Hall–Kier alpha value is -0.510. The van der Waals surface area contributed by atoms with Gasteiger partial charge in [-0.1, -0.05) is 6.07 Å². The van der Waals surface area contributed by atoms with Crippen LogP contribution in [0, 0.1) is 5.92 Å². The minimum atomic E-state index is 0.741. The number of thioether (sulfide) groups is 1. The normalized spacial score (nSPS) is 21.8. The van der Waals surface area contributed by atoms with E-state index in [1.54, 1.807) is 11.1 Å². The van der Waals surface area contributed by atoms with E-state index < -0.39 is 0 Å². The van der Waals surface area contributed by atoms with Crippen molar-refractivity contribution in [3.05, 3.63) is 29.3 Å². The number of nitrogens with one attached hydrogen (secondary N) is 1. The highest BCUT2D eigenvalue weighted by Gasteiger charge is 2.14. The van der Waals surface area contributed by atoms with Crippen LogP contribution >= 0.6 is 11.8 Å². The third-order valence-electron chi connectivity index (χ3n) is 4.07. The van der Waals surface area contributed by atoms with E-state index in [0.717, 1.165) is 38.0 Å². The molecule has 1 N–H and O–H groups in total. The summed E-state index contributed by atoms with van der Waals surface area (Å²) < 4.78 is 5.38. The van der Waals surface area contributed by atoms with Gasteiger partial charge in [-0.3, -0.25) is 0 Å². The second-order valence-electron chi connectivity index (χ2n) is 5.57. The largest absolute Gasteiger partial charge is 0.381 e. The lowest BCUT2D eigenvalue weighted by Crippen LogP contribution is -2.25. The minimum absolute atomic E-state index is 0.741. The highest BCUT2D eigenvalue weighted by Crippen LogP contribution is 2.27. The quantitative estimate of drug-likeness (QED) is 0.638. The zero-order valence-corrected chi connectivity index (χ0v) is 12.3. The smallest absolute Gasteiger partial charge is 0.0507 e. The average Bonchev–Trinajstić information content (AvgIpc) is 3.08. The van der Waals surface area contributed by atoms with E-state index in [0.29, 0.717) is 0 Å². The number of hydrogen-bond acceptors (Lipinski definition) is 3. The molecule has 1 fully saturated rings. The van der Waals surface area contributed by atoms with Gasteiger partial charge in [0, 0.05) is 30.3 Å². The molecule has 3 heteroatoms. The topological polar surface area (TPSA) is 21.3 Å². The standard InChI is InChI=1S/C16H23NOS/c1-2-14-4-5-16(10-15(14)3-1)19-9-7-17-11-13-6-8-18-12-13/h4-5,10,13,17H,1-3,6-9,11-12H2. The molecular formula is C16H23NOS. The van der Waals surface area contributed by atoms with Crippen LogP contribution in [0.1, 0.15) is 24.0 Å². The van der Waals surface area contributed by atoms with Crippen molar-refractivity contribution in [2.75, 3.05) is 32.1 Å². The third kappa shape index (κ3) is 3.74. The third-order valence-corrected chi connectivity index (χ3v) is 5.07. The fraction of sp³-hybridized carbons (Fsp3) is 0.625. The van der Waals surface area contributed by atoms with Gasteiger partial charge in [0.05, 0.1) is 6.61 Å². The molecule has 0 saturated carbocycles. The van der Waals surface area contributed by atoms with Crippen molar-refractivity contribution in [3.63, 3.8) is 0 Å². The molecule has 0 spiro atoms. The van der Waals surface area contributed by atoms with E-state index in [4.69, 9.17) is 4.74 Å². The number of fused-ring (bicyclic) bond motifs is 1. The van der Waals surface area contributed by atoms with Crippen molar-refractivity contribution in [2.45, 2.75) is 30.6 Å². The first-order valence-corrected chi connectivity index (χ1v) is 8.43. The molecule has 0 amide bonds. The van der Waals surface area contributed by atoms with E-state index in [9.17, 15) is 0 Å². The van der Waals surface area contributed by atoms with E-state index >= 15 is 0 Å². The summed E-state index contributed by atoms with van der Waals surface area (Å²) in [5.74, 6) is 1.90. The van der Waals surface area contributed by atoms with Crippen molar-refractivity contribution in [1.82, 2.24) is 5.32 Å². The SMILES string of the molecule is c1cc2c(cc1SCCNCC1CCOC1)CCC2. The van der Waals surface area contributed by atoms with Gasteiger partial charge in [0.15, 0.2) is 0 Å². The molecule has 2 aliphatic rings. The molecule has 0 radical (unpaired) electrons. The monoisotopic (exact) mass is 277 g/mol. The molecule has 1 saturated heterocycles. The van der Waals surface area contributed by atoms with Gasteiger partial charge < -0.3 is 10.1 Å². The Labute approximate surface area is 120 Å². The van der Waals surface area contributed by atoms with E-state index in [2.05, 4.69) is 23.5 Å².